The van der Waals surface area contributed by atoms with E-state index in [1.807, 2.05) is 6.92 Å². The molecule has 0 unspecified atom stereocenters. The van der Waals surface area contributed by atoms with E-state index in [0.29, 0.717) is 18.4 Å². The summed E-state index contributed by atoms with van der Waals surface area (Å²) < 4.78 is 52.3. The molecule has 1 aliphatic carbocycles. The third-order valence-electron chi connectivity index (χ3n) is 4.61. The average Bonchev–Trinajstić information content (AvgIpc) is 3.14. The summed E-state index contributed by atoms with van der Waals surface area (Å²) in [6.07, 6.45) is 2.00. The molecule has 0 spiro atoms. The highest BCUT2D eigenvalue weighted by Gasteiger charge is 2.54. The van der Waals surface area contributed by atoms with Crippen LogP contribution in [0.5, 0.6) is 0 Å². The number of allylic oxidation sites excluding steroid dienone is 2. The van der Waals surface area contributed by atoms with Gasteiger partial charge < -0.3 is 9.05 Å². The van der Waals surface area contributed by atoms with E-state index in [-0.39, 0.29) is 18.8 Å². The van der Waals surface area contributed by atoms with E-state index in [4.69, 9.17) is 9.05 Å². The standard InChI is InChI=1S/C20H27F2O4P/c1-4-25-27(24,26-5-2)20(21,22)14-18(16-8-6-7-9-16)19(23)17-12-10-15(3)11-13-17/h10-13H,4-9,14H2,1-3H3. The highest BCUT2D eigenvalue weighted by Crippen LogP contribution is 2.64. The summed E-state index contributed by atoms with van der Waals surface area (Å²) >= 11 is 0. The van der Waals surface area contributed by atoms with Gasteiger partial charge in [0.25, 0.3) is 0 Å². The van der Waals surface area contributed by atoms with Crippen LogP contribution < -0.4 is 0 Å². The molecule has 0 aromatic heterocycles. The van der Waals surface area contributed by atoms with E-state index >= 15 is 0 Å². The summed E-state index contributed by atoms with van der Waals surface area (Å²) in [5.41, 5.74) is -1.68. The number of ketones is 1. The lowest BCUT2D eigenvalue weighted by Gasteiger charge is -2.27. The molecule has 0 saturated heterocycles. The maximum absolute atomic E-state index is 15.0. The number of Topliss-reactive ketones (excluding diaryl/α,β-unsaturated/α-hetero) is 1. The van der Waals surface area contributed by atoms with Crippen LogP contribution in [0.15, 0.2) is 35.4 Å². The molecule has 4 nitrogen and oxygen atoms in total. The van der Waals surface area contributed by atoms with Crippen molar-refractivity contribution in [3.63, 3.8) is 0 Å². The molecule has 1 aliphatic rings. The zero-order valence-corrected chi connectivity index (χ0v) is 17.0. The second-order valence-electron chi connectivity index (χ2n) is 6.66. The Morgan fingerprint density at radius 1 is 1.07 bits per heavy atom. The highest BCUT2D eigenvalue weighted by molar-refractivity contribution is 7.55. The third kappa shape index (κ3) is 5.13. The lowest BCUT2D eigenvalue weighted by atomic mass is 9.94. The normalized spacial score (nSPS) is 15.2. The number of hydrogen-bond donors (Lipinski definition) is 0. The van der Waals surface area contributed by atoms with E-state index in [1.54, 1.807) is 24.3 Å². The van der Waals surface area contributed by atoms with Gasteiger partial charge in [0.05, 0.1) is 19.6 Å². The van der Waals surface area contributed by atoms with Crippen LogP contribution in [0.1, 0.15) is 61.9 Å². The van der Waals surface area contributed by atoms with Crippen molar-refractivity contribution in [3.8, 4) is 0 Å². The molecule has 7 heteroatoms. The molecular weight excluding hydrogens is 373 g/mol. The molecular formula is C20H27F2O4P. The van der Waals surface area contributed by atoms with Crippen molar-refractivity contribution in [1.29, 1.82) is 0 Å². The third-order valence-corrected chi connectivity index (χ3v) is 6.77. The molecule has 2 rings (SSSR count). The van der Waals surface area contributed by atoms with E-state index in [1.165, 1.54) is 13.8 Å². The van der Waals surface area contributed by atoms with Crippen LogP contribution in [0.2, 0.25) is 0 Å². The maximum atomic E-state index is 15.0. The van der Waals surface area contributed by atoms with Gasteiger partial charge in [0, 0.05) is 11.1 Å². The van der Waals surface area contributed by atoms with Gasteiger partial charge in [-0.15, -0.1) is 0 Å². The van der Waals surface area contributed by atoms with Gasteiger partial charge in [-0.2, -0.15) is 8.78 Å². The zero-order valence-electron chi connectivity index (χ0n) is 16.1. The largest absolute Gasteiger partial charge is 0.399 e. The van der Waals surface area contributed by atoms with Gasteiger partial charge in [0.15, 0.2) is 5.78 Å². The summed E-state index contributed by atoms with van der Waals surface area (Å²) in [4.78, 5) is 13.0. The minimum Gasteiger partial charge on any atom is -0.305 e. The fraction of sp³-hybridized carbons (Fsp3) is 0.550. The minimum atomic E-state index is -4.68. The fourth-order valence-corrected chi connectivity index (χ4v) is 4.71. The van der Waals surface area contributed by atoms with Crippen molar-refractivity contribution in [2.45, 2.75) is 58.5 Å². The van der Waals surface area contributed by atoms with Crippen LogP contribution in [0.4, 0.5) is 8.78 Å². The van der Waals surface area contributed by atoms with E-state index < -0.39 is 25.5 Å². The number of hydrogen-bond acceptors (Lipinski definition) is 4. The number of aryl methyl sites for hydroxylation is 1. The lowest BCUT2D eigenvalue weighted by molar-refractivity contribution is 0.0382. The van der Waals surface area contributed by atoms with Crippen LogP contribution in [-0.4, -0.2) is 24.7 Å². The maximum Gasteiger partial charge on any atom is 0.399 e. The molecule has 1 saturated carbocycles. The summed E-state index contributed by atoms with van der Waals surface area (Å²) in [5, 5.41) is 0. The fourth-order valence-electron chi connectivity index (χ4n) is 3.22. The van der Waals surface area contributed by atoms with Crippen molar-refractivity contribution < 1.29 is 27.2 Å². The molecule has 0 bridgehead atoms. The van der Waals surface area contributed by atoms with E-state index in [2.05, 4.69) is 0 Å². The van der Waals surface area contributed by atoms with E-state index in [0.717, 1.165) is 24.0 Å². The molecule has 150 valence electrons. The van der Waals surface area contributed by atoms with Crippen LogP contribution >= 0.6 is 7.60 Å². The number of carbonyl (C=O) groups excluding carboxylic acids is 1. The summed E-state index contributed by atoms with van der Waals surface area (Å²) in [7, 11) is -4.68. The molecule has 27 heavy (non-hydrogen) atoms. The molecule has 0 amide bonds. The molecule has 1 aromatic carbocycles. The Morgan fingerprint density at radius 2 is 1.59 bits per heavy atom. The summed E-state index contributed by atoms with van der Waals surface area (Å²) in [6, 6.07) is 6.81. The minimum absolute atomic E-state index is 0.0426. The first-order valence-electron chi connectivity index (χ1n) is 9.33. The first-order valence-corrected chi connectivity index (χ1v) is 10.9. The smallest absolute Gasteiger partial charge is 0.305 e. The predicted molar refractivity (Wildman–Crippen MR) is 101 cm³/mol. The Hall–Kier alpha value is -1.36. The molecule has 1 aromatic rings. The number of carbonyl (C=O) groups is 1. The Balaban J connectivity index is 2.40. The Bertz CT molecular complexity index is 723. The van der Waals surface area contributed by atoms with Crippen molar-refractivity contribution in [2.75, 3.05) is 13.2 Å². The lowest BCUT2D eigenvalue weighted by Crippen LogP contribution is -2.24. The molecule has 0 atom stereocenters. The van der Waals surface area contributed by atoms with Gasteiger partial charge in [0.2, 0.25) is 0 Å². The summed E-state index contributed by atoms with van der Waals surface area (Å²) in [6.45, 7) is 4.53. The second-order valence-corrected chi connectivity index (χ2v) is 8.83. The molecule has 1 fully saturated rings. The quantitative estimate of drug-likeness (QED) is 0.277. The topological polar surface area (TPSA) is 52.6 Å². The van der Waals surface area contributed by atoms with Crippen LogP contribution in [-0.2, 0) is 13.6 Å². The SMILES string of the molecule is CCOP(=O)(OCC)C(F)(F)CC(C(=O)c1ccc(C)cc1)=C1CCCC1. The van der Waals surface area contributed by atoms with Gasteiger partial charge in [-0.1, -0.05) is 35.4 Å². The first-order chi connectivity index (χ1) is 12.7. The number of alkyl halides is 2. The monoisotopic (exact) mass is 400 g/mol. The van der Waals surface area contributed by atoms with Crippen molar-refractivity contribution in [1.82, 2.24) is 0 Å². The predicted octanol–water partition coefficient (Wildman–Crippen LogP) is 6.30. The summed E-state index contributed by atoms with van der Waals surface area (Å²) in [5.74, 6) is -0.439. The highest BCUT2D eigenvalue weighted by atomic mass is 31.2. The van der Waals surface area contributed by atoms with E-state index in [9.17, 15) is 18.1 Å². The van der Waals surface area contributed by atoms with Gasteiger partial charge in [-0.05, 0) is 46.5 Å². The van der Waals surface area contributed by atoms with Crippen molar-refractivity contribution in [2.24, 2.45) is 0 Å². The van der Waals surface area contributed by atoms with Crippen LogP contribution in [0.3, 0.4) is 0 Å². The van der Waals surface area contributed by atoms with Gasteiger partial charge in [-0.25, -0.2) is 0 Å². The Labute approximate surface area is 159 Å². The van der Waals surface area contributed by atoms with Gasteiger partial charge in [-0.3, -0.25) is 9.36 Å². The van der Waals surface area contributed by atoms with Crippen LogP contribution in [0.25, 0.3) is 0 Å². The molecule has 0 radical (unpaired) electrons. The van der Waals surface area contributed by atoms with Crippen molar-refractivity contribution in [3.05, 3.63) is 46.5 Å². The number of halogens is 2. The second kappa shape index (κ2) is 9.22. The Kier molecular flexibility index (Phi) is 7.49. The van der Waals surface area contributed by atoms with Crippen molar-refractivity contribution >= 4 is 13.4 Å². The first kappa shape index (κ1) is 21.9. The van der Waals surface area contributed by atoms with Crippen LogP contribution in [0, 0.1) is 6.92 Å². The number of rotatable bonds is 9. The molecule has 0 aliphatic heterocycles. The number of benzene rings is 1. The Morgan fingerprint density at radius 3 is 2.07 bits per heavy atom. The molecule has 0 heterocycles. The zero-order chi connectivity index (χ0) is 20.1. The average molecular weight is 400 g/mol. The van der Waals surface area contributed by atoms with Gasteiger partial charge in [0.1, 0.15) is 0 Å². The van der Waals surface area contributed by atoms with Gasteiger partial charge >= 0.3 is 13.3 Å². The molecule has 0 N–H and O–H groups in total.